The van der Waals surface area contributed by atoms with E-state index in [4.69, 9.17) is 4.74 Å². The summed E-state index contributed by atoms with van der Waals surface area (Å²) in [6.07, 6.45) is 3.21. The maximum atomic E-state index is 13.7. The minimum atomic E-state index is -0.269. The van der Waals surface area contributed by atoms with Crippen molar-refractivity contribution in [2.24, 2.45) is 11.8 Å². The fourth-order valence-corrected chi connectivity index (χ4v) is 2.56. The normalized spacial score (nSPS) is 12.7. The predicted molar refractivity (Wildman–Crippen MR) is 82.8 cm³/mol. The van der Waals surface area contributed by atoms with Crippen LogP contribution < -0.4 is 10.1 Å². The third kappa shape index (κ3) is 5.91. The zero-order valence-electron chi connectivity index (χ0n) is 13.2. The van der Waals surface area contributed by atoms with Crippen LogP contribution in [0, 0.1) is 17.7 Å². The highest BCUT2D eigenvalue weighted by Crippen LogP contribution is 2.22. The molecule has 1 aromatic carbocycles. The number of ether oxygens (including phenoxy) is 1. The lowest BCUT2D eigenvalue weighted by molar-refractivity contribution is 0.378. The summed E-state index contributed by atoms with van der Waals surface area (Å²) in [6, 6.07) is 5.29. The Kier molecular flexibility index (Phi) is 7.60. The summed E-state index contributed by atoms with van der Waals surface area (Å²) in [7, 11) is 1.49. The van der Waals surface area contributed by atoms with Gasteiger partial charge >= 0.3 is 0 Å². The quantitative estimate of drug-likeness (QED) is 0.690. The number of rotatable bonds is 9. The molecule has 0 aliphatic carbocycles. The molecule has 1 N–H and O–H groups in total. The van der Waals surface area contributed by atoms with Crippen LogP contribution in [0.5, 0.6) is 5.75 Å². The van der Waals surface area contributed by atoms with Crippen LogP contribution >= 0.6 is 0 Å². The van der Waals surface area contributed by atoms with Crippen molar-refractivity contribution in [3.63, 3.8) is 0 Å². The molecular weight excluding hydrogens is 253 g/mol. The Bertz CT molecular complexity index is 393. The first-order valence-electron chi connectivity index (χ1n) is 7.59. The Morgan fingerprint density at radius 2 is 2.05 bits per heavy atom. The number of benzene rings is 1. The first-order valence-corrected chi connectivity index (χ1v) is 7.59. The van der Waals surface area contributed by atoms with Crippen LogP contribution in [0.1, 0.15) is 39.2 Å². The van der Waals surface area contributed by atoms with E-state index in [0.717, 1.165) is 37.9 Å². The molecule has 114 valence electrons. The average Bonchev–Trinajstić information content (AvgIpc) is 2.38. The first-order chi connectivity index (χ1) is 9.56. The van der Waals surface area contributed by atoms with Gasteiger partial charge < -0.3 is 10.1 Å². The second-order valence-corrected chi connectivity index (χ2v) is 5.87. The Hall–Kier alpha value is -1.09. The van der Waals surface area contributed by atoms with Crippen LogP contribution in [0.15, 0.2) is 18.2 Å². The molecule has 0 bridgehead atoms. The minimum absolute atomic E-state index is 0.269. The van der Waals surface area contributed by atoms with E-state index >= 15 is 0 Å². The molecule has 2 nitrogen and oxygen atoms in total. The summed E-state index contributed by atoms with van der Waals surface area (Å²) in [5.74, 6) is 1.26. The van der Waals surface area contributed by atoms with Crippen molar-refractivity contribution in [2.45, 2.75) is 40.0 Å². The minimum Gasteiger partial charge on any atom is -0.494 e. The summed E-state index contributed by atoms with van der Waals surface area (Å²) in [5, 5.41) is 3.48. The van der Waals surface area contributed by atoms with Crippen LogP contribution in [0.25, 0.3) is 0 Å². The molecule has 20 heavy (non-hydrogen) atoms. The van der Waals surface area contributed by atoms with Crippen molar-refractivity contribution >= 4 is 0 Å². The topological polar surface area (TPSA) is 21.3 Å². The highest BCUT2D eigenvalue weighted by molar-refractivity contribution is 5.29. The first kappa shape index (κ1) is 17.0. The molecular formula is C17H28FNO. The third-order valence-electron chi connectivity index (χ3n) is 3.41. The molecule has 0 saturated heterocycles. The molecule has 1 atom stereocenters. The molecule has 0 heterocycles. The van der Waals surface area contributed by atoms with Gasteiger partial charge in [-0.15, -0.1) is 0 Å². The molecule has 1 rings (SSSR count). The molecule has 1 aromatic rings. The largest absolute Gasteiger partial charge is 0.494 e. The Morgan fingerprint density at radius 3 is 2.60 bits per heavy atom. The summed E-state index contributed by atoms with van der Waals surface area (Å²) in [4.78, 5) is 0. The second-order valence-electron chi connectivity index (χ2n) is 5.87. The molecule has 0 radical (unpaired) electrons. The van der Waals surface area contributed by atoms with E-state index in [1.165, 1.54) is 7.11 Å². The van der Waals surface area contributed by atoms with Crippen molar-refractivity contribution in [2.75, 3.05) is 20.2 Å². The van der Waals surface area contributed by atoms with Crippen molar-refractivity contribution in [3.8, 4) is 5.75 Å². The molecule has 0 fully saturated rings. The smallest absolute Gasteiger partial charge is 0.165 e. The van der Waals surface area contributed by atoms with Crippen LogP contribution in [0.4, 0.5) is 4.39 Å². The summed E-state index contributed by atoms with van der Waals surface area (Å²) in [5.41, 5.74) is 1.05. The van der Waals surface area contributed by atoms with Gasteiger partial charge in [-0.2, -0.15) is 0 Å². The van der Waals surface area contributed by atoms with E-state index in [9.17, 15) is 4.39 Å². The van der Waals surface area contributed by atoms with Crippen molar-refractivity contribution in [1.29, 1.82) is 0 Å². The van der Waals surface area contributed by atoms with Crippen molar-refractivity contribution in [1.82, 2.24) is 5.32 Å². The van der Waals surface area contributed by atoms with Gasteiger partial charge in [0, 0.05) is 0 Å². The molecule has 3 heteroatoms. The SMILES string of the molecule is CCCNCC(Cc1ccc(OC)c(F)c1)CC(C)C. The lowest BCUT2D eigenvalue weighted by Gasteiger charge is -2.20. The predicted octanol–water partition coefficient (Wildman–Crippen LogP) is 4.04. The standard InChI is InChI=1S/C17H28FNO/c1-5-8-19-12-15(9-13(2)3)10-14-6-7-17(20-4)16(18)11-14/h6-7,11,13,15,19H,5,8-10,12H2,1-4H3. The van der Waals surface area contributed by atoms with E-state index in [2.05, 4.69) is 26.1 Å². The van der Waals surface area contributed by atoms with Crippen LogP contribution in [-0.4, -0.2) is 20.2 Å². The second kappa shape index (κ2) is 8.96. The number of hydrogen-bond donors (Lipinski definition) is 1. The van der Waals surface area contributed by atoms with Crippen LogP contribution in [0.2, 0.25) is 0 Å². The lowest BCUT2D eigenvalue weighted by Crippen LogP contribution is -2.26. The fourth-order valence-electron chi connectivity index (χ4n) is 2.56. The molecule has 0 amide bonds. The van der Waals surface area contributed by atoms with Crippen LogP contribution in [-0.2, 0) is 6.42 Å². The van der Waals surface area contributed by atoms with E-state index in [-0.39, 0.29) is 5.82 Å². The zero-order chi connectivity index (χ0) is 15.0. The number of halogens is 1. The fraction of sp³-hybridized carbons (Fsp3) is 0.647. The van der Waals surface area contributed by atoms with Gasteiger partial charge in [-0.25, -0.2) is 4.39 Å². The Morgan fingerprint density at radius 1 is 1.30 bits per heavy atom. The van der Waals surface area contributed by atoms with Gasteiger partial charge in [0.25, 0.3) is 0 Å². The maximum Gasteiger partial charge on any atom is 0.165 e. The molecule has 0 aliphatic heterocycles. The van der Waals surface area contributed by atoms with Gasteiger partial charge in [-0.1, -0.05) is 26.8 Å². The van der Waals surface area contributed by atoms with Gasteiger partial charge in [0.05, 0.1) is 7.11 Å². The highest BCUT2D eigenvalue weighted by atomic mass is 19.1. The lowest BCUT2D eigenvalue weighted by atomic mass is 9.90. The van der Waals surface area contributed by atoms with E-state index in [1.807, 2.05) is 6.07 Å². The number of methoxy groups -OCH3 is 1. The molecule has 0 spiro atoms. The molecule has 1 unspecified atom stereocenters. The molecule has 0 aromatic heterocycles. The van der Waals surface area contributed by atoms with Gasteiger partial charge in [0.1, 0.15) is 0 Å². The maximum absolute atomic E-state index is 13.7. The van der Waals surface area contributed by atoms with Crippen LogP contribution in [0.3, 0.4) is 0 Å². The van der Waals surface area contributed by atoms with E-state index in [0.29, 0.717) is 17.6 Å². The average molecular weight is 281 g/mol. The van der Waals surface area contributed by atoms with Crippen molar-refractivity contribution < 1.29 is 9.13 Å². The number of hydrogen-bond acceptors (Lipinski definition) is 2. The van der Waals surface area contributed by atoms with Gasteiger partial charge in [-0.05, 0) is 61.9 Å². The summed E-state index contributed by atoms with van der Waals surface area (Å²) in [6.45, 7) is 8.69. The van der Waals surface area contributed by atoms with Gasteiger partial charge in [-0.3, -0.25) is 0 Å². The van der Waals surface area contributed by atoms with E-state index in [1.54, 1.807) is 12.1 Å². The Balaban J connectivity index is 2.65. The summed E-state index contributed by atoms with van der Waals surface area (Å²) >= 11 is 0. The Labute approximate surface area is 122 Å². The zero-order valence-corrected chi connectivity index (χ0v) is 13.2. The van der Waals surface area contributed by atoms with Gasteiger partial charge in [0.15, 0.2) is 11.6 Å². The van der Waals surface area contributed by atoms with E-state index < -0.39 is 0 Å². The monoisotopic (exact) mass is 281 g/mol. The third-order valence-corrected chi connectivity index (χ3v) is 3.41. The highest BCUT2D eigenvalue weighted by Gasteiger charge is 2.13. The number of nitrogens with one attached hydrogen (secondary N) is 1. The van der Waals surface area contributed by atoms with Crippen molar-refractivity contribution in [3.05, 3.63) is 29.6 Å². The molecule has 0 saturated carbocycles. The molecule has 0 aliphatic rings. The van der Waals surface area contributed by atoms with Gasteiger partial charge in [0.2, 0.25) is 0 Å². The summed E-state index contributed by atoms with van der Waals surface area (Å²) < 4.78 is 18.7.